The zero-order chi connectivity index (χ0) is 19.6. The minimum atomic E-state index is 0. The van der Waals surface area contributed by atoms with Gasteiger partial charge in [0.1, 0.15) is 5.75 Å². The van der Waals surface area contributed by atoms with Gasteiger partial charge in [-0.05, 0) is 82.3 Å². The minimum absolute atomic E-state index is 0. The van der Waals surface area contributed by atoms with Crippen molar-refractivity contribution in [3.63, 3.8) is 0 Å². The number of nitrogens with one attached hydrogen (secondary N) is 2. The molecule has 0 aliphatic heterocycles. The van der Waals surface area contributed by atoms with Crippen LogP contribution in [0.25, 0.3) is 0 Å². The largest absolute Gasteiger partial charge is 0.508 e. The third-order valence-electron chi connectivity index (χ3n) is 5.67. The van der Waals surface area contributed by atoms with Crippen LogP contribution < -0.4 is 10.6 Å². The molecule has 2 rings (SSSR count). The Morgan fingerprint density at radius 1 is 1.21 bits per heavy atom. The van der Waals surface area contributed by atoms with Gasteiger partial charge >= 0.3 is 0 Å². The van der Waals surface area contributed by atoms with Crippen molar-refractivity contribution in [2.75, 3.05) is 26.7 Å². The molecule has 0 saturated carbocycles. The summed E-state index contributed by atoms with van der Waals surface area (Å²) in [6.07, 6.45) is 6.94. The number of phenols is 1. The van der Waals surface area contributed by atoms with Crippen LogP contribution in [0.5, 0.6) is 5.75 Å². The van der Waals surface area contributed by atoms with Crippen molar-refractivity contribution in [2.45, 2.75) is 71.9 Å². The maximum atomic E-state index is 10.3. The number of phenolic OH excluding ortho intramolecular Hbond substituents is 1. The molecule has 1 aromatic carbocycles. The molecule has 1 atom stereocenters. The number of fused-ring (bicyclic) bond motifs is 1. The van der Waals surface area contributed by atoms with E-state index < -0.39 is 0 Å². The van der Waals surface area contributed by atoms with Crippen LogP contribution in [0.4, 0.5) is 0 Å². The van der Waals surface area contributed by atoms with Crippen molar-refractivity contribution < 1.29 is 5.11 Å². The smallest absolute Gasteiger partial charge is 0.191 e. The van der Waals surface area contributed by atoms with Crippen molar-refractivity contribution >= 4 is 29.9 Å². The van der Waals surface area contributed by atoms with Crippen molar-refractivity contribution in [1.29, 1.82) is 0 Å². The molecule has 0 saturated heterocycles. The Hall–Kier alpha value is -1.02. The van der Waals surface area contributed by atoms with Gasteiger partial charge < -0.3 is 20.6 Å². The number of rotatable bonds is 9. The fourth-order valence-electron chi connectivity index (χ4n) is 3.92. The van der Waals surface area contributed by atoms with E-state index in [0.29, 0.717) is 18.3 Å². The second-order valence-corrected chi connectivity index (χ2v) is 7.55. The molecule has 0 bridgehead atoms. The second-order valence-electron chi connectivity index (χ2n) is 7.55. The van der Waals surface area contributed by atoms with Gasteiger partial charge in [0.15, 0.2) is 5.96 Å². The van der Waals surface area contributed by atoms with Gasteiger partial charge in [0.05, 0.1) is 0 Å². The lowest BCUT2D eigenvalue weighted by Crippen LogP contribution is -2.42. The van der Waals surface area contributed by atoms with E-state index in [1.165, 1.54) is 30.4 Å². The van der Waals surface area contributed by atoms with Crippen LogP contribution in [-0.4, -0.2) is 48.7 Å². The normalized spacial score (nSPS) is 15.0. The molecular weight excluding hydrogens is 463 g/mol. The lowest BCUT2D eigenvalue weighted by molar-refractivity contribution is 0.292. The summed E-state index contributed by atoms with van der Waals surface area (Å²) in [6.45, 7) is 10.6. The Morgan fingerprint density at radius 3 is 2.61 bits per heavy atom. The number of hydrogen-bond donors (Lipinski definition) is 3. The Labute approximate surface area is 188 Å². The standard InChI is InChI=1S/C22H38N4O.HI/c1-5-26(6-2)15-9-10-17(3)25-22(23-4)24-16-20-19-12-8-7-11-18(19)13-14-21(20)27;/h13-14,17,27H,5-12,15-16H2,1-4H3,(H2,23,24,25);1H. The highest BCUT2D eigenvalue weighted by Gasteiger charge is 2.17. The maximum absolute atomic E-state index is 10.3. The fraction of sp³-hybridized carbons (Fsp3) is 0.682. The van der Waals surface area contributed by atoms with E-state index in [0.717, 1.165) is 50.4 Å². The predicted octanol–water partition coefficient (Wildman–Crippen LogP) is 4.06. The lowest BCUT2D eigenvalue weighted by Gasteiger charge is -2.23. The number of aliphatic imine (C=N–C) groups is 1. The molecule has 5 nitrogen and oxygen atoms in total. The first kappa shape index (κ1) is 25.0. The highest BCUT2D eigenvalue weighted by molar-refractivity contribution is 14.0. The van der Waals surface area contributed by atoms with E-state index in [9.17, 15) is 5.11 Å². The fourth-order valence-corrected chi connectivity index (χ4v) is 3.92. The quantitative estimate of drug-likeness (QED) is 0.271. The molecule has 1 aromatic rings. The molecular formula is C22H39IN4O. The van der Waals surface area contributed by atoms with Gasteiger partial charge in [-0.2, -0.15) is 0 Å². The molecule has 1 aliphatic rings. The molecule has 0 radical (unpaired) electrons. The minimum Gasteiger partial charge on any atom is -0.508 e. The number of nitrogens with zero attached hydrogens (tertiary/aromatic N) is 2. The van der Waals surface area contributed by atoms with Gasteiger partial charge in [-0.15, -0.1) is 24.0 Å². The summed E-state index contributed by atoms with van der Waals surface area (Å²) in [5.41, 5.74) is 3.75. The van der Waals surface area contributed by atoms with Crippen molar-refractivity contribution in [3.05, 3.63) is 28.8 Å². The van der Waals surface area contributed by atoms with Crippen LogP contribution in [0.15, 0.2) is 17.1 Å². The number of aryl methyl sites for hydroxylation is 1. The number of hydrogen-bond acceptors (Lipinski definition) is 3. The van der Waals surface area contributed by atoms with Crippen LogP contribution in [0.1, 0.15) is 63.1 Å². The molecule has 0 aromatic heterocycles. The highest BCUT2D eigenvalue weighted by atomic mass is 127. The second kappa shape index (κ2) is 13.2. The zero-order valence-corrected chi connectivity index (χ0v) is 20.4. The molecule has 0 spiro atoms. The molecule has 1 aliphatic carbocycles. The summed E-state index contributed by atoms with van der Waals surface area (Å²) in [6, 6.07) is 4.29. The molecule has 0 fully saturated rings. The van der Waals surface area contributed by atoms with E-state index in [2.05, 4.69) is 47.4 Å². The first-order chi connectivity index (χ1) is 13.1. The summed E-state index contributed by atoms with van der Waals surface area (Å²) in [5, 5.41) is 17.2. The average Bonchev–Trinajstić information content (AvgIpc) is 2.69. The third-order valence-corrected chi connectivity index (χ3v) is 5.67. The summed E-state index contributed by atoms with van der Waals surface area (Å²) in [5.74, 6) is 1.20. The number of halogens is 1. The Bertz CT molecular complexity index is 617. The monoisotopic (exact) mass is 502 g/mol. The van der Waals surface area contributed by atoms with Crippen molar-refractivity contribution in [2.24, 2.45) is 4.99 Å². The van der Waals surface area contributed by atoms with E-state index in [-0.39, 0.29) is 24.0 Å². The van der Waals surface area contributed by atoms with E-state index in [1.54, 1.807) is 7.05 Å². The number of guanidine groups is 1. The highest BCUT2D eigenvalue weighted by Crippen LogP contribution is 2.30. The van der Waals surface area contributed by atoms with Gasteiger partial charge in [-0.25, -0.2) is 0 Å². The predicted molar refractivity (Wildman–Crippen MR) is 130 cm³/mol. The number of benzene rings is 1. The third kappa shape index (κ3) is 7.43. The maximum Gasteiger partial charge on any atom is 0.191 e. The topological polar surface area (TPSA) is 59.9 Å². The Morgan fingerprint density at radius 2 is 1.93 bits per heavy atom. The molecule has 1 unspecified atom stereocenters. The van der Waals surface area contributed by atoms with Crippen LogP contribution in [0.2, 0.25) is 0 Å². The van der Waals surface area contributed by atoms with Gasteiger partial charge in [-0.3, -0.25) is 4.99 Å². The van der Waals surface area contributed by atoms with Gasteiger partial charge in [-0.1, -0.05) is 19.9 Å². The first-order valence-corrected chi connectivity index (χ1v) is 10.6. The Kier molecular flexibility index (Phi) is 11.8. The SMILES string of the molecule is CCN(CC)CCCC(C)NC(=NC)NCc1c(O)ccc2c1CCCC2.I. The molecule has 0 amide bonds. The lowest BCUT2D eigenvalue weighted by atomic mass is 9.88. The zero-order valence-electron chi connectivity index (χ0n) is 18.1. The molecule has 28 heavy (non-hydrogen) atoms. The van der Waals surface area contributed by atoms with Crippen molar-refractivity contribution in [1.82, 2.24) is 15.5 Å². The van der Waals surface area contributed by atoms with Crippen molar-refractivity contribution in [3.8, 4) is 5.75 Å². The average molecular weight is 502 g/mol. The van der Waals surface area contributed by atoms with E-state index in [4.69, 9.17) is 0 Å². The summed E-state index contributed by atoms with van der Waals surface area (Å²) in [7, 11) is 1.80. The van der Waals surface area contributed by atoms with Gasteiger partial charge in [0.2, 0.25) is 0 Å². The van der Waals surface area contributed by atoms with Crippen LogP contribution in [0.3, 0.4) is 0 Å². The van der Waals surface area contributed by atoms with Gasteiger partial charge in [0, 0.05) is 25.2 Å². The molecule has 160 valence electrons. The molecule has 3 N–H and O–H groups in total. The van der Waals surface area contributed by atoms with Crippen LogP contribution in [0, 0.1) is 0 Å². The Balaban J connectivity index is 0.00000392. The number of aromatic hydroxyl groups is 1. The summed E-state index contributed by atoms with van der Waals surface area (Å²) < 4.78 is 0. The van der Waals surface area contributed by atoms with Crippen LogP contribution in [-0.2, 0) is 19.4 Å². The molecule has 6 heteroatoms. The summed E-state index contributed by atoms with van der Waals surface area (Å²) >= 11 is 0. The van der Waals surface area contributed by atoms with E-state index >= 15 is 0 Å². The first-order valence-electron chi connectivity index (χ1n) is 10.6. The molecule has 0 heterocycles. The van der Waals surface area contributed by atoms with E-state index in [1.807, 2.05) is 6.07 Å². The van der Waals surface area contributed by atoms with Gasteiger partial charge in [0.25, 0.3) is 0 Å². The van der Waals surface area contributed by atoms with Crippen LogP contribution >= 0.6 is 24.0 Å². The summed E-state index contributed by atoms with van der Waals surface area (Å²) in [4.78, 5) is 6.82.